The Balaban J connectivity index is 2.68. The maximum Gasteiger partial charge on any atom is 0.0394 e. The van der Waals surface area contributed by atoms with Crippen molar-refractivity contribution in [3.8, 4) is 12.3 Å². The molecular weight excluding hydrogens is 210 g/mol. The van der Waals surface area contributed by atoms with E-state index in [0.717, 1.165) is 19.3 Å². The van der Waals surface area contributed by atoms with E-state index in [1.54, 1.807) is 0 Å². The largest absolute Gasteiger partial charge is 0.302 e. The number of hydrazine groups is 1. The van der Waals surface area contributed by atoms with Gasteiger partial charge in [0, 0.05) is 18.0 Å². The summed E-state index contributed by atoms with van der Waals surface area (Å²) in [5.41, 5.74) is 3.27. The van der Waals surface area contributed by atoms with Crippen LogP contribution in [0.5, 0.6) is 0 Å². The first-order valence-corrected chi connectivity index (χ1v) is 6.74. The van der Waals surface area contributed by atoms with Crippen LogP contribution in [0, 0.1) is 12.3 Å². The summed E-state index contributed by atoms with van der Waals surface area (Å²) in [5, 5.41) is 0. The number of hydrogen-bond acceptors (Lipinski definition) is 3. The minimum absolute atomic E-state index is 0.224. The smallest absolute Gasteiger partial charge is 0.0394 e. The van der Waals surface area contributed by atoms with Gasteiger partial charge < -0.3 is 4.90 Å². The Morgan fingerprint density at radius 1 is 1.35 bits per heavy atom. The summed E-state index contributed by atoms with van der Waals surface area (Å²) in [5.74, 6) is 8.49. The van der Waals surface area contributed by atoms with Crippen molar-refractivity contribution in [2.24, 2.45) is 5.84 Å². The summed E-state index contributed by atoms with van der Waals surface area (Å²) in [4.78, 5) is 2.37. The summed E-state index contributed by atoms with van der Waals surface area (Å²) >= 11 is 0. The quantitative estimate of drug-likeness (QED) is 0.321. The molecule has 0 aromatic rings. The molecular formula is C14H27N3. The molecule has 3 nitrogen and oxygen atoms in total. The van der Waals surface area contributed by atoms with Crippen LogP contribution >= 0.6 is 0 Å². The van der Waals surface area contributed by atoms with E-state index >= 15 is 0 Å². The Hall–Kier alpha value is -0.560. The normalized spacial score (nSPS) is 21.1. The molecule has 0 bridgehead atoms. The molecule has 0 aromatic heterocycles. The molecule has 1 saturated carbocycles. The number of rotatable bonds is 6. The predicted molar refractivity (Wildman–Crippen MR) is 73.3 cm³/mol. The number of likely N-dealkylation sites (N-methyl/N-ethyl adjacent to an activating group) is 1. The van der Waals surface area contributed by atoms with Gasteiger partial charge in [-0.05, 0) is 39.8 Å². The van der Waals surface area contributed by atoms with Crippen LogP contribution in [0.15, 0.2) is 0 Å². The number of hydrogen-bond donors (Lipinski definition) is 2. The SMILES string of the molecule is C#CCCCC(NN)C1(N(C)C)CCCCC1. The van der Waals surface area contributed by atoms with Gasteiger partial charge in [-0.25, -0.2) is 0 Å². The van der Waals surface area contributed by atoms with Crippen LogP contribution in [0.4, 0.5) is 0 Å². The monoisotopic (exact) mass is 237 g/mol. The lowest BCUT2D eigenvalue weighted by molar-refractivity contribution is 0.0528. The first-order valence-electron chi connectivity index (χ1n) is 6.74. The Morgan fingerprint density at radius 2 is 2.00 bits per heavy atom. The molecule has 1 fully saturated rings. The van der Waals surface area contributed by atoms with Crippen molar-refractivity contribution < 1.29 is 0 Å². The van der Waals surface area contributed by atoms with Gasteiger partial charge >= 0.3 is 0 Å². The Morgan fingerprint density at radius 3 is 2.47 bits per heavy atom. The summed E-state index contributed by atoms with van der Waals surface area (Å²) in [6, 6.07) is 0.353. The fraction of sp³-hybridized carbons (Fsp3) is 0.857. The van der Waals surface area contributed by atoms with Crippen LogP contribution < -0.4 is 11.3 Å². The van der Waals surface area contributed by atoms with Gasteiger partial charge in [0.2, 0.25) is 0 Å². The average Bonchev–Trinajstić information content (AvgIpc) is 2.35. The highest BCUT2D eigenvalue weighted by Gasteiger charge is 2.40. The lowest BCUT2D eigenvalue weighted by Crippen LogP contribution is -2.61. The lowest BCUT2D eigenvalue weighted by Gasteiger charge is -2.48. The molecule has 0 spiro atoms. The maximum absolute atomic E-state index is 5.78. The van der Waals surface area contributed by atoms with Gasteiger partial charge in [-0.2, -0.15) is 0 Å². The van der Waals surface area contributed by atoms with E-state index in [0.29, 0.717) is 6.04 Å². The highest BCUT2D eigenvalue weighted by atomic mass is 15.3. The van der Waals surface area contributed by atoms with Crippen molar-refractivity contribution in [3.05, 3.63) is 0 Å². The molecule has 0 amide bonds. The summed E-state index contributed by atoms with van der Waals surface area (Å²) in [6.45, 7) is 0. The Bertz CT molecular complexity index is 249. The number of nitrogens with one attached hydrogen (secondary N) is 1. The summed E-state index contributed by atoms with van der Waals surface area (Å²) in [6.07, 6.45) is 14.8. The van der Waals surface area contributed by atoms with Crippen molar-refractivity contribution in [3.63, 3.8) is 0 Å². The molecule has 0 radical (unpaired) electrons. The molecule has 0 heterocycles. The molecule has 1 aliphatic rings. The lowest BCUT2D eigenvalue weighted by atomic mass is 9.74. The minimum Gasteiger partial charge on any atom is -0.302 e. The molecule has 1 atom stereocenters. The van der Waals surface area contributed by atoms with Crippen molar-refractivity contribution in [1.82, 2.24) is 10.3 Å². The summed E-state index contributed by atoms with van der Waals surface area (Å²) < 4.78 is 0. The van der Waals surface area contributed by atoms with E-state index in [4.69, 9.17) is 12.3 Å². The molecule has 1 unspecified atom stereocenters. The molecule has 3 heteroatoms. The topological polar surface area (TPSA) is 41.3 Å². The third kappa shape index (κ3) is 3.45. The number of nitrogens with zero attached hydrogens (tertiary/aromatic N) is 1. The zero-order chi connectivity index (χ0) is 12.7. The minimum atomic E-state index is 0.224. The van der Waals surface area contributed by atoms with Crippen LogP contribution in [-0.4, -0.2) is 30.6 Å². The number of unbranched alkanes of at least 4 members (excludes halogenated alkanes) is 1. The zero-order valence-corrected chi connectivity index (χ0v) is 11.3. The maximum atomic E-state index is 5.78. The van der Waals surface area contributed by atoms with Crippen LogP contribution in [-0.2, 0) is 0 Å². The van der Waals surface area contributed by atoms with E-state index in [2.05, 4.69) is 30.3 Å². The van der Waals surface area contributed by atoms with E-state index < -0.39 is 0 Å². The van der Waals surface area contributed by atoms with E-state index in [-0.39, 0.29) is 5.54 Å². The van der Waals surface area contributed by atoms with Gasteiger partial charge in [0.15, 0.2) is 0 Å². The third-order valence-electron chi connectivity index (χ3n) is 4.27. The van der Waals surface area contributed by atoms with Gasteiger partial charge in [0.1, 0.15) is 0 Å². The molecule has 3 N–H and O–H groups in total. The van der Waals surface area contributed by atoms with Crippen LogP contribution in [0.1, 0.15) is 51.4 Å². The Labute approximate surface area is 106 Å². The highest BCUT2D eigenvalue weighted by Crippen LogP contribution is 2.36. The standard InChI is InChI=1S/C14H27N3/c1-4-5-7-10-13(16-15)14(17(2)3)11-8-6-9-12-14/h1,13,16H,5-12,15H2,2-3H3. The molecule has 0 saturated heterocycles. The third-order valence-corrected chi connectivity index (χ3v) is 4.27. The number of nitrogens with two attached hydrogens (primary N) is 1. The first-order chi connectivity index (χ1) is 8.17. The van der Waals surface area contributed by atoms with Crippen LogP contribution in [0.25, 0.3) is 0 Å². The first kappa shape index (κ1) is 14.5. The summed E-state index contributed by atoms with van der Waals surface area (Å²) in [7, 11) is 4.35. The fourth-order valence-electron chi connectivity index (χ4n) is 3.19. The molecule has 0 aromatic carbocycles. The van der Waals surface area contributed by atoms with E-state index in [1.165, 1.54) is 32.1 Å². The van der Waals surface area contributed by atoms with Crippen LogP contribution in [0.3, 0.4) is 0 Å². The van der Waals surface area contributed by atoms with Crippen molar-refractivity contribution in [1.29, 1.82) is 0 Å². The molecule has 1 rings (SSSR count). The van der Waals surface area contributed by atoms with Gasteiger partial charge in [-0.15, -0.1) is 12.3 Å². The predicted octanol–water partition coefficient (Wildman–Crippen LogP) is 1.89. The van der Waals surface area contributed by atoms with Gasteiger partial charge in [-0.3, -0.25) is 11.3 Å². The van der Waals surface area contributed by atoms with Gasteiger partial charge in [-0.1, -0.05) is 19.3 Å². The molecule has 1 aliphatic carbocycles. The molecule has 98 valence electrons. The van der Waals surface area contributed by atoms with E-state index in [1.807, 2.05) is 0 Å². The second kappa shape index (κ2) is 7.00. The highest BCUT2D eigenvalue weighted by molar-refractivity contribution is 5.00. The van der Waals surface area contributed by atoms with Crippen molar-refractivity contribution >= 4 is 0 Å². The van der Waals surface area contributed by atoms with Crippen LogP contribution in [0.2, 0.25) is 0 Å². The second-order valence-corrected chi connectivity index (χ2v) is 5.37. The Kier molecular flexibility index (Phi) is 5.97. The zero-order valence-electron chi connectivity index (χ0n) is 11.3. The fourth-order valence-corrected chi connectivity index (χ4v) is 3.19. The van der Waals surface area contributed by atoms with Crippen molar-refractivity contribution in [2.75, 3.05) is 14.1 Å². The second-order valence-electron chi connectivity index (χ2n) is 5.37. The van der Waals surface area contributed by atoms with Crippen molar-refractivity contribution in [2.45, 2.75) is 62.9 Å². The average molecular weight is 237 g/mol. The molecule has 17 heavy (non-hydrogen) atoms. The number of terminal acetylenes is 1. The van der Waals surface area contributed by atoms with E-state index in [9.17, 15) is 0 Å². The van der Waals surface area contributed by atoms with Gasteiger partial charge in [0.25, 0.3) is 0 Å². The van der Waals surface area contributed by atoms with Gasteiger partial charge in [0.05, 0.1) is 0 Å². The molecule has 0 aliphatic heterocycles.